The Kier molecular flexibility index (Phi) is 2.89. The Morgan fingerprint density at radius 2 is 2.21 bits per heavy atom. The molecular weight excluding hydrogens is 240 g/mol. The van der Waals surface area contributed by atoms with Gasteiger partial charge in [0, 0.05) is 13.1 Å². The van der Waals surface area contributed by atoms with E-state index < -0.39 is 0 Å². The van der Waals surface area contributed by atoms with Crippen molar-refractivity contribution in [1.82, 2.24) is 15.3 Å². The average molecular weight is 258 g/mol. The topological polar surface area (TPSA) is 61.0 Å². The van der Waals surface area contributed by atoms with Gasteiger partial charge in [-0.2, -0.15) is 0 Å². The molecule has 0 unspecified atom stereocenters. The quantitative estimate of drug-likeness (QED) is 0.860. The standard InChI is InChI=1S/C14H18N4O/c1-9(2)10-3-4-11-12(7-10)17-14(16-11)18-6-5-15-13(19)8-18/h3-4,7,9H,5-6,8H2,1-2H3,(H,15,19)(H,16,17). The minimum absolute atomic E-state index is 0.0505. The Hall–Kier alpha value is -2.04. The monoisotopic (exact) mass is 258 g/mol. The molecule has 100 valence electrons. The number of imidazole rings is 1. The molecule has 0 radical (unpaired) electrons. The lowest BCUT2D eigenvalue weighted by molar-refractivity contribution is -0.120. The van der Waals surface area contributed by atoms with E-state index in [1.807, 2.05) is 11.0 Å². The van der Waals surface area contributed by atoms with Crippen LogP contribution in [-0.2, 0) is 4.79 Å². The first-order valence-electron chi connectivity index (χ1n) is 6.65. The van der Waals surface area contributed by atoms with E-state index >= 15 is 0 Å². The minimum atomic E-state index is 0.0505. The van der Waals surface area contributed by atoms with Crippen LogP contribution in [-0.4, -0.2) is 35.5 Å². The first-order chi connectivity index (χ1) is 9.13. The van der Waals surface area contributed by atoms with Crippen molar-refractivity contribution in [3.05, 3.63) is 23.8 Å². The van der Waals surface area contributed by atoms with Crippen LogP contribution in [0.2, 0.25) is 0 Å². The van der Waals surface area contributed by atoms with Gasteiger partial charge in [-0.15, -0.1) is 0 Å². The zero-order chi connectivity index (χ0) is 13.4. The van der Waals surface area contributed by atoms with Crippen LogP contribution in [0.5, 0.6) is 0 Å². The number of nitrogens with zero attached hydrogens (tertiary/aromatic N) is 2. The Balaban J connectivity index is 1.94. The van der Waals surface area contributed by atoms with E-state index in [9.17, 15) is 4.79 Å². The zero-order valence-electron chi connectivity index (χ0n) is 11.2. The van der Waals surface area contributed by atoms with Crippen molar-refractivity contribution in [2.24, 2.45) is 0 Å². The number of H-pyrrole nitrogens is 1. The Morgan fingerprint density at radius 1 is 1.37 bits per heavy atom. The molecule has 2 heterocycles. The summed E-state index contributed by atoms with van der Waals surface area (Å²) in [5.41, 5.74) is 3.27. The predicted molar refractivity (Wildman–Crippen MR) is 75.4 cm³/mol. The number of piperazine rings is 1. The van der Waals surface area contributed by atoms with Crippen molar-refractivity contribution in [2.45, 2.75) is 19.8 Å². The minimum Gasteiger partial charge on any atom is -0.353 e. The largest absolute Gasteiger partial charge is 0.353 e. The zero-order valence-corrected chi connectivity index (χ0v) is 11.2. The first kappa shape index (κ1) is 12.0. The summed E-state index contributed by atoms with van der Waals surface area (Å²) in [7, 11) is 0. The summed E-state index contributed by atoms with van der Waals surface area (Å²) in [6, 6.07) is 6.29. The maximum Gasteiger partial charge on any atom is 0.239 e. The van der Waals surface area contributed by atoms with E-state index in [0.29, 0.717) is 19.0 Å². The highest BCUT2D eigenvalue weighted by Crippen LogP contribution is 2.22. The van der Waals surface area contributed by atoms with Gasteiger partial charge < -0.3 is 15.2 Å². The van der Waals surface area contributed by atoms with Crippen LogP contribution in [0.1, 0.15) is 25.3 Å². The number of anilines is 1. The van der Waals surface area contributed by atoms with Crippen molar-refractivity contribution < 1.29 is 4.79 Å². The summed E-state index contributed by atoms with van der Waals surface area (Å²) >= 11 is 0. The van der Waals surface area contributed by atoms with Gasteiger partial charge >= 0.3 is 0 Å². The van der Waals surface area contributed by atoms with Gasteiger partial charge in [-0.25, -0.2) is 4.98 Å². The van der Waals surface area contributed by atoms with E-state index in [-0.39, 0.29) is 5.91 Å². The molecule has 0 bridgehead atoms. The van der Waals surface area contributed by atoms with Gasteiger partial charge in [-0.05, 0) is 23.6 Å². The van der Waals surface area contributed by atoms with Crippen LogP contribution in [0.15, 0.2) is 18.2 Å². The van der Waals surface area contributed by atoms with Crippen LogP contribution in [0.3, 0.4) is 0 Å². The van der Waals surface area contributed by atoms with Crippen LogP contribution in [0, 0.1) is 0 Å². The number of carbonyl (C=O) groups is 1. The third-order valence-corrected chi connectivity index (χ3v) is 3.50. The third kappa shape index (κ3) is 2.28. The molecule has 0 aliphatic carbocycles. The number of nitrogens with one attached hydrogen (secondary N) is 2. The number of rotatable bonds is 2. The fraction of sp³-hybridized carbons (Fsp3) is 0.429. The molecule has 5 heteroatoms. The van der Waals surface area contributed by atoms with E-state index in [1.165, 1.54) is 5.56 Å². The molecule has 1 aromatic heterocycles. The van der Waals surface area contributed by atoms with Crippen molar-refractivity contribution in [3.63, 3.8) is 0 Å². The Labute approximate surface area is 112 Å². The molecule has 1 saturated heterocycles. The van der Waals surface area contributed by atoms with E-state index in [2.05, 4.69) is 41.3 Å². The molecule has 19 heavy (non-hydrogen) atoms. The highest BCUT2D eigenvalue weighted by Gasteiger charge is 2.19. The molecule has 3 rings (SSSR count). The summed E-state index contributed by atoms with van der Waals surface area (Å²) in [4.78, 5) is 21.3. The molecular formula is C14H18N4O. The fourth-order valence-electron chi connectivity index (χ4n) is 2.34. The lowest BCUT2D eigenvalue weighted by Gasteiger charge is -2.25. The summed E-state index contributed by atoms with van der Waals surface area (Å²) in [6.45, 7) is 6.19. The van der Waals surface area contributed by atoms with Crippen LogP contribution < -0.4 is 10.2 Å². The number of hydrogen-bond donors (Lipinski definition) is 2. The molecule has 1 aliphatic rings. The summed E-state index contributed by atoms with van der Waals surface area (Å²) in [5, 5.41) is 2.82. The van der Waals surface area contributed by atoms with Crippen LogP contribution in [0.4, 0.5) is 5.95 Å². The molecule has 1 aromatic carbocycles. The Morgan fingerprint density at radius 3 is 2.95 bits per heavy atom. The van der Waals surface area contributed by atoms with Crippen LogP contribution >= 0.6 is 0 Å². The highest BCUT2D eigenvalue weighted by atomic mass is 16.2. The van der Waals surface area contributed by atoms with Crippen molar-refractivity contribution >= 4 is 22.9 Å². The van der Waals surface area contributed by atoms with Gasteiger partial charge in [0.15, 0.2) is 0 Å². The second-order valence-corrected chi connectivity index (χ2v) is 5.26. The molecule has 2 aromatic rings. The smallest absolute Gasteiger partial charge is 0.239 e. The summed E-state index contributed by atoms with van der Waals surface area (Å²) in [5.74, 6) is 1.33. The molecule has 0 atom stereocenters. The number of fused-ring (bicyclic) bond motifs is 1. The van der Waals surface area contributed by atoms with Crippen molar-refractivity contribution in [3.8, 4) is 0 Å². The van der Waals surface area contributed by atoms with Gasteiger partial charge in [0.25, 0.3) is 0 Å². The molecule has 1 amide bonds. The SMILES string of the molecule is CC(C)c1ccc2nc(N3CCNC(=O)C3)[nH]c2c1. The molecule has 1 fully saturated rings. The number of carbonyl (C=O) groups excluding carboxylic acids is 1. The molecule has 0 spiro atoms. The second kappa shape index (κ2) is 4.57. The number of amides is 1. The summed E-state index contributed by atoms with van der Waals surface area (Å²) < 4.78 is 0. The van der Waals surface area contributed by atoms with Crippen molar-refractivity contribution in [1.29, 1.82) is 0 Å². The second-order valence-electron chi connectivity index (χ2n) is 5.26. The normalized spacial score (nSPS) is 16.2. The summed E-state index contributed by atoms with van der Waals surface area (Å²) in [6.07, 6.45) is 0. The average Bonchev–Trinajstić information content (AvgIpc) is 2.81. The Bertz CT molecular complexity index is 617. The molecule has 1 aliphatic heterocycles. The molecule has 2 N–H and O–H groups in total. The van der Waals surface area contributed by atoms with Crippen molar-refractivity contribution in [2.75, 3.05) is 24.5 Å². The first-order valence-corrected chi connectivity index (χ1v) is 6.65. The number of benzene rings is 1. The van der Waals surface area contributed by atoms with Gasteiger partial charge in [-0.3, -0.25) is 4.79 Å². The maximum atomic E-state index is 11.4. The van der Waals surface area contributed by atoms with E-state index in [0.717, 1.165) is 23.5 Å². The maximum absolute atomic E-state index is 11.4. The lowest BCUT2D eigenvalue weighted by Crippen LogP contribution is -2.48. The van der Waals surface area contributed by atoms with E-state index in [1.54, 1.807) is 0 Å². The van der Waals surface area contributed by atoms with Gasteiger partial charge in [-0.1, -0.05) is 19.9 Å². The number of hydrogen-bond acceptors (Lipinski definition) is 3. The fourth-order valence-corrected chi connectivity index (χ4v) is 2.34. The molecule has 5 nitrogen and oxygen atoms in total. The van der Waals surface area contributed by atoms with E-state index in [4.69, 9.17) is 0 Å². The third-order valence-electron chi connectivity index (χ3n) is 3.50. The van der Waals surface area contributed by atoms with Crippen LogP contribution in [0.25, 0.3) is 11.0 Å². The molecule has 0 saturated carbocycles. The highest BCUT2D eigenvalue weighted by molar-refractivity contribution is 5.83. The predicted octanol–water partition coefficient (Wildman–Crippen LogP) is 1.62. The number of aromatic amines is 1. The number of aromatic nitrogens is 2. The van der Waals surface area contributed by atoms with Gasteiger partial charge in [0.1, 0.15) is 0 Å². The lowest BCUT2D eigenvalue weighted by atomic mass is 10.0. The van der Waals surface area contributed by atoms with Gasteiger partial charge in [0.05, 0.1) is 17.6 Å². The van der Waals surface area contributed by atoms with Gasteiger partial charge in [0.2, 0.25) is 11.9 Å².